The Morgan fingerprint density at radius 2 is 2.20 bits per heavy atom. The number of methoxy groups -OCH3 is 1. The van der Waals surface area contributed by atoms with Gasteiger partial charge in [0.25, 0.3) is 0 Å². The normalized spacial score (nSPS) is 9.73. The summed E-state index contributed by atoms with van der Waals surface area (Å²) in [7, 11) is 1.36. The van der Waals surface area contributed by atoms with E-state index in [9.17, 15) is 4.79 Å². The number of carbonyl (C=O) groups is 1. The quantitative estimate of drug-likeness (QED) is 0.603. The first-order valence-corrected chi connectivity index (χ1v) is 4.69. The number of esters is 1. The van der Waals surface area contributed by atoms with Gasteiger partial charge in [-0.05, 0) is 30.7 Å². The number of aryl methyl sites for hydroxylation is 1. The smallest absolute Gasteiger partial charge is 0.308 e. The first-order valence-electron chi connectivity index (χ1n) is 4.69. The third-order valence-electron chi connectivity index (χ3n) is 1.99. The van der Waals surface area contributed by atoms with Crippen LogP contribution in [0.15, 0.2) is 18.2 Å². The molecule has 0 heterocycles. The van der Waals surface area contributed by atoms with Crippen molar-refractivity contribution >= 4 is 11.7 Å². The van der Waals surface area contributed by atoms with E-state index in [2.05, 4.69) is 4.74 Å². The summed E-state index contributed by atoms with van der Waals surface area (Å²) in [5, 5.41) is 0. The Bertz CT molecular complexity index is 350. The molecule has 0 radical (unpaired) electrons. The number of hydrogen-bond donors (Lipinski definition) is 1. The van der Waals surface area contributed by atoms with Gasteiger partial charge in [0.1, 0.15) is 5.75 Å². The van der Waals surface area contributed by atoms with Crippen molar-refractivity contribution in [1.29, 1.82) is 0 Å². The molecule has 4 heteroatoms. The van der Waals surface area contributed by atoms with Crippen molar-refractivity contribution in [2.75, 3.05) is 19.5 Å². The minimum absolute atomic E-state index is 0.250. The van der Waals surface area contributed by atoms with Gasteiger partial charge >= 0.3 is 5.97 Å². The van der Waals surface area contributed by atoms with Gasteiger partial charge in [-0.15, -0.1) is 0 Å². The molecule has 1 aromatic carbocycles. The summed E-state index contributed by atoms with van der Waals surface area (Å²) in [4.78, 5) is 10.8. The van der Waals surface area contributed by atoms with Gasteiger partial charge in [-0.25, -0.2) is 0 Å². The van der Waals surface area contributed by atoms with Gasteiger partial charge in [0.05, 0.1) is 20.1 Å². The summed E-state index contributed by atoms with van der Waals surface area (Å²) < 4.78 is 9.91. The fraction of sp³-hybridized carbons (Fsp3) is 0.364. The molecule has 0 fully saturated rings. The number of anilines is 1. The molecule has 0 aliphatic rings. The van der Waals surface area contributed by atoms with Crippen molar-refractivity contribution in [3.8, 4) is 5.75 Å². The highest BCUT2D eigenvalue weighted by atomic mass is 16.5. The monoisotopic (exact) mass is 209 g/mol. The molecule has 0 atom stereocenters. The molecule has 0 aliphatic heterocycles. The molecule has 2 N–H and O–H groups in total. The summed E-state index contributed by atoms with van der Waals surface area (Å²) >= 11 is 0. The van der Waals surface area contributed by atoms with Crippen molar-refractivity contribution in [3.05, 3.63) is 23.8 Å². The largest absolute Gasteiger partial charge is 0.493 e. The zero-order chi connectivity index (χ0) is 11.3. The van der Waals surface area contributed by atoms with Crippen LogP contribution in [0.25, 0.3) is 0 Å². The lowest BCUT2D eigenvalue weighted by atomic mass is 10.2. The zero-order valence-corrected chi connectivity index (χ0v) is 8.95. The molecule has 4 nitrogen and oxygen atoms in total. The Kier molecular flexibility index (Phi) is 3.97. The highest BCUT2D eigenvalue weighted by molar-refractivity contribution is 5.69. The second-order valence-corrected chi connectivity index (χ2v) is 3.20. The van der Waals surface area contributed by atoms with Crippen molar-refractivity contribution in [1.82, 2.24) is 0 Å². The van der Waals surface area contributed by atoms with E-state index in [-0.39, 0.29) is 12.4 Å². The molecule has 0 unspecified atom stereocenters. The summed E-state index contributed by atoms with van der Waals surface area (Å²) in [6.45, 7) is 2.22. The topological polar surface area (TPSA) is 61.5 Å². The highest BCUT2D eigenvalue weighted by Crippen LogP contribution is 2.20. The molecular formula is C11H15NO3. The third kappa shape index (κ3) is 3.50. The van der Waals surface area contributed by atoms with Crippen LogP contribution in [0.4, 0.5) is 5.69 Å². The lowest BCUT2D eigenvalue weighted by Gasteiger charge is -2.08. The summed E-state index contributed by atoms with van der Waals surface area (Å²) in [5.74, 6) is 0.469. The van der Waals surface area contributed by atoms with E-state index < -0.39 is 0 Å². The summed E-state index contributed by atoms with van der Waals surface area (Å²) in [6, 6.07) is 5.38. The third-order valence-corrected chi connectivity index (χ3v) is 1.99. The van der Waals surface area contributed by atoms with Crippen LogP contribution >= 0.6 is 0 Å². The Morgan fingerprint density at radius 1 is 1.47 bits per heavy atom. The van der Waals surface area contributed by atoms with Crippen LogP contribution in [0.1, 0.15) is 12.0 Å². The number of nitrogen functional groups attached to an aromatic ring is 1. The fourth-order valence-corrected chi connectivity index (χ4v) is 1.18. The summed E-state index contributed by atoms with van der Waals surface area (Å²) in [6.07, 6.45) is 0.250. The fourth-order valence-electron chi connectivity index (χ4n) is 1.18. The van der Waals surface area contributed by atoms with E-state index in [0.717, 1.165) is 11.3 Å². The maximum Gasteiger partial charge on any atom is 0.308 e. The molecular weight excluding hydrogens is 194 g/mol. The van der Waals surface area contributed by atoms with E-state index in [1.54, 1.807) is 12.1 Å². The number of nitrogens with two attached hydrogens (primary N) is 1. The molecule has 0 bridgehead atoms. The number of rotatable bonds is 4. The van der Waals surface area contributed by atoms with Crippen LogP contribution < -0.4 is 10.5 Å². The van der Waals surface area contributed by atoms with Crippen molar-refractivity contribution < 1.29 is 14.3 Å². The lowest BCUT2D eigenvalue weighted by molar-refractivity contribution is -0.141. The number of hydrogen-bond acceptors (Lipinski definition) is 4. The second kappa shape index (κ2) is 5.24. The van der Waals surface area contributed by atoms with Crippen LogP contribution in [-0.4, -0.2) is 19.7 Å². The van der Waals surface area contributed by atoms with Crippen LogP contribution in [0.5, 0.6) is 5.75 Å². The second-order valence-electron chi connectivity index (χ2n) is 3.20. The van der Waals surface area contributed by atoms with Gasteiger partial charge in [0.15, 0.2) is 0 Å². The maximum absolute atomic E-state index is 10.8. The molecule has 0 amide bonds. The molecule has 1 rings (SSSR count). The first-order chi connectivity index (χ1) is 7.13. The molecule has 0 aliphatic carbocycles. The number of carbonyl (C=O) groups excluding carboxylic acids is 1. The van der Waals surface area contributed by atoms with E-state index in [4.69, 9.17) is 10.5 Å². The predicted octanol–water partition coefficient (Wildman–Crippen LogP) is 1.52. The van der Waals surface area contributed by atoms with Gasteiger partial charge in [-0.3, -0.25) is 4.79 Å². The van der Waals surface area contributed by atoms with Gasteiger partial charge in [-0.2, -0.15) is 0 Å². The summed E-state index contributed by atoms with van der Waals surface area (Å²) in [5.41, 5.74) is 7.26. The lowest BCUT2D eigenvalue weighted by Crippen LogP contribution is -2.08. The zero-order valence-electron chi connectivity index (χ0n) is 8.95. The first kappa shape index (κ1) is 11.4. The maximum atomic E-state index is 10.8. The van der Waals surface area contributed by atoms with E-state index in [1.807, 2.05) is 13.0 Å². The van der Waals surface area contributed by atoms with E-state index in [1.165, 1.54) is 7.11 Å². The molecule has 0 spiro atoms. The van der Waals surface area contributed by atoms with Gasteiger partial charge < -0.3 is 15.2 Å². The average molecular weight is 209 g/mol. The molecule has 1 aromatic rings. The van der Waals surface area contributed by atoms with Crippen molar-refractivity contribution in [2.45, 2.75) is 13.3 Å². The standard InChI is InChI=1S/C11H15NO3/c1-8-7-9(12)3-4-10(8)15-6-5-11(13)14-2/h3-4,7H,5-6,12H2,1-2H3. The van der Waals surface area contributed by atoms with Crippen LogP contribution in [0.2, 0.25) is 0 Å². The molecule has 0 saturated carbocycles. The highest BCUT2D eigenvalue weighted by Gasteiger charge is 2.03. The average Bonchev–Trinajstić information content (AvgIpc) is 2.21. The Labute approximate surface area is 89.0 Å². The molecule has 0 aromatic heterocycles. The predicted molar refractivity (Wildman–Crippen MR) is 57.7 cm³/mol. The van der Waals surface area contributed by atoms with E-state index in [0.29, 0.717) is 12.3 Å². The number of benzene rings is 1. The molecule has 15 heavy (non-hydrogen) atoms. The Hall–Kier alpha value is -1.71. The number of ether oxygens (including phenoxy) is 2. The molecule has 0 saturated heterocycles. The van der Waals surface area contributed by atoms with Gasteiger partial charge in [0.2, 0.25) is 0 Å². The van der Waals surface area contributed by atoms with E-state index >= 15 is 0 Å². The van der Waals surface area contributed by atoms with Gasteiger partial charge in [0, 0.05) is 5.69 Å². The van der Waals surface area contributed by atoms with Crippen LogP contribution in [0, 0.1) is 6.92 Å². The van der Waals surface area contributed by atoms with Crippen LogP contribution in [0.3, 0.4) is 0 Å². The molecule has 82 valence electrons. The Morgan fingerprint density at radius 3 is 2.80 bits per heavy atom. The Balaban J connectivity index is 2.47. The van der Waals surface area contributed by atoms with Crippen molar-refractivity contribution in [2.24, 2.45) is 0 Å². The van der Waals surface area contributed by atoms with Crippen LogP contribution in [-0.2, 0) is 9.53 Å². The minimum atomic E-state index is -0.275. The van der Waals surface area contributed by atoms with Crippen molar-refractivity contribution in [3.63, 3.8) is 0 Å². The SMILES string of the molecule is COC(=O)CCOc1ccc(N)cc1C. The van der Waals surface area contributed by atoms with Gasteiger partial charge in [-0.1, -0.05) is 0 Å². The minimum Gasteiger partial charge on any atom is -0.493 e.